The minimum atomic E-state index is -4.29. The smallest absolute Gasteiger partial charge is 0.328 e. The summed E-state index contributed by atoms with van der Waals surface area (Å²) in [7, 11) is 0. The lowest BCUT2D eigenvalue weighted by molar-refractivity contribution is -0.138. The van der Waals surface area contributed by atoms with Crippen LogP contribution in [-0.4, -0.2) is 6.04 Å². The molecule has 0 bridgehead atoms. The molecule has 0 saturated carbocycles. The predicted octanol–water partition coefficient (Wildman–Crippen LogP) is 2.60. The van der Waals surface area contributed by atoms with Crippen molar-refractivity contribution in [1.29, 1.82) is 0 Å². The van der Waals surface area contributed by atoms with E-state index in [4.69, 9.17) is 5.73 Å². The predicted molar refractivity (Wildman–Crippen MR) is 48.8 cm³/mol. The second kappa shape index (κ2) is 4.00. The molecule has 1 nitrogen and oxygen atoms in total. The first-order valence-corrected chi connectivity index (χ1v) is 4.32. The molecule has 0 spiro atoms. The average molecular weight is 203 g/mol. The van der Waals surface area contributed by atoms with E-state index < -0.39 is 11.7 Å². The van der Waals surface area contributed by atoms with Crippen LogP contribution in [0.3, 0.4) is 0 Å². The molecule has 1 rings (SSSR count). The van der Waals surface area contributed by atoms with Gasteiger partial charge in [0.1, 0.15) is 0 Å². The first-order chi connectivity index (χ1) is 6.41. The van der Waals surface area contributed by atoms with E-state index in [-0.39, 0.29) is 18.0 Å². The van der Waals surface area contributed by atoms with Crippen LogP contribution in [-0.2, 0) is 12.6 Å². The van der Waals surface area contributed by atoms with Gasteiger partial charge in [0.25, 0.3) is 0 Å². The molecule has 1 atom stereocenters. The monoisotopic (exact) mass is 203 g/mol. The van der Waals surface area contributed by atoms with Gasteiger partial charge in [-0.15, -0.1) is 0 Å². The Balaban J connectivity index is 3.04. The number of rotatable bonds is 2. The first-order valence-electron chi connectivity index (χ1n) is 4.32. The molecule has 0 fully saturated rings. The molecule has 0 amide bonds. The van der Waals surface area contributed by atoms with Crippen LogP contribution >= 0.6 is 0 Å². The van der Waals surface area contributed by atoms with Crippen molar-refractivity contribution in [3.8, 4) is 0 Å². The summed E-state index contributed by atoms with van der Waals surface area (Å²) < 4.78 is 37.4. The maximum absolute atomic E-state index is 12.5. The topological polar surface area (TPSA) is 26.0 Å². The Morgan fingerprint density at radius 3 is 2.36 bits per heavy atom. The third-order valence-corrected chi connectivity index (χ3v) is 1.86. The summed E-state index contributed by atoms with van der Waals surface area (Å²) in [4.78, 5) is 0. The Labute approximate surface area is 80.7 Å². The van der Waals surface area contributed by atoms with Crippen molar-refractivity contribution in [2.24, 2.45) is 5.73 Å². The van der Waals surface area contributed by atoms with Crippen molar-refractivity contribution >= 4 is 0 Å². The largest absolute Gasteiger partial charge is 0.416 e. The fourth-order valence-corrected chi connectivity index (χ4v) is 1.32. The van der Waals surface area contributed by atoms with E-state index in [1.165, 1.54) is 12.1 Å². The summed E-state index contributed by atoms with van der Waals surface area (Å²) in [5, 5.41) is 0. The number of hydrogen-bond donors (Lipinski definition) is 1. The van der Waals surface area contributed by atoms with Gasteiger partial charge in [-0.25, -0.2) is 0 Å². The first kappa shape index (κ1) is 11.0. The fraction of sp³-hybridized carbons (Fsp3) is 0.400. The third-order valence-electron chi connectivity index (χ3n) is 1.86. The molecule has 0 aliphatic heterocycles. The van der Waals surface area contributed by atoms with Crippen LogP contribution in [0.2, 0.25) is 0 Å². The van der Waals surface area contributed by atoms with Gasteiger partial charge < -0.3 is 5.73 Å². The molecule has 1 aromatic rings. The average Bonchev–Trinajstić information content (AvgIpc) is 2.01. The van der Waals surface area contributed by atoms with E-state index >= 15 is 0 Å². The fourth-order valence-electron chi connectivity index (χ4n) is 1.32. The van der Waals surface area contributed by atoms with Crippen molar-refractivity contribution in [1.82, 2.24) is 0 Å². The molecule has 0 radical (unpaired) electrons. The Kier molecular flexibility index (Phi) is 3.16. The normalized spacial score (nSPS) is 14.1. The number of alkyl halides is 3. The maximum Gasteiger partial charge on any atom is 0.416 e. The van der Waals surface area contributed by atoms with E-state index in [2.05, 4.69) is 0 Å². The number of hydrogen-bond acceptors (Lipinski definition) is 1. The number of halogens is 3. The lowest BCUT2D eigenvalue weighted by atomic mass is 10.0. The van der Waals surface area contributed by atoms with E-state index in [9.17, 15) is 13.2 Å². The summed E-state index contributed by atoms with van der Waals surface area (Å²) in [5.41, 5.74) is 5.14. The third kappa shape index (κ3) is 2.73. The second-order valence-electron chi connectivity index (χ2n) is 3.34. The van der Waals surface area contributed by atoms with Crippen molar-refractivity contribution in [2.45, 2.75) is 25.6 Å². The Morgan fingerprint density at radius 1 is 1.29 bits per heavy atom. The quantitative estimate of drug-likeness (QED) is 0.785. The molecular formula is C10H12F3N. The van der Waals surface area contributed by atoms with Gasteiger partial charge >= 0.3 is 6.18 Å². The highest BCUT2D eigenvalue weighted by molar-refractivity contribution is 5.30. The van der Waals surface area contributed by atoms with Crippen LogP contribution in [0.25, 0.3) is 0 Å². The van der Waals surface area contributed by atoms with E-state index in [1.807, 2.05) is 0 Å². The molecule has 2 N–H and O–H groups in total. The Morgan fingerprint density at radius 2 is 1.86 bits per heavy atom. The number of benzene rings is 1. The minimum absolute atomic E-state index is 0.246. The summed E-state index contributed by atoms with van der Waals surface area (Å²) in [5.74, 6) is 0. The van der Waals surface area contributed by atoms with Gasteiger partial charge in [0.05, 0.1) is 5.56 Å². The van der Waals surface area contributed by atoms with Crippen molar-refractivity contribution in [3.63, 3.8) is 0 Å². The van der Waals surface area contributed by atoms with Crippen LogP contribution in [0, 0.1) is 0 Å². The van der Waals surface area contributed by atoms with Gasteiger partial charge in [-0.05, 0) is 25.0 Å². The summed E-state index contributed by atoms with van der Waals surface area (Å²) in [6.45, 7) is 1.69. The summed E-state index contributed by atoms with van der Waals surface area (Å²) in [6.07, 6.45) is -4.04. The van der Waals surface area contributed by atoms with Gasteiger partial charge in [0, 0.05) is 6.04 Å². The highest BCUT2D eigenvalue weighted by Gasteiger charge is 2.32. The van der Waals surface area contributed by atoms with Gasteiger partial charge in [0.2, 0.25) is 0 Å². The van der Waals surface area contributed by atoms with Gasteiger partial charge in [-0.3, -0.25) is 0 Å². The molecule has 0 saturated heterocycles. The molecule has 1 aromatic carbocycles. The van der Waals surface area contributed by atoms with Crippen LogP contribution in [0.15, 0.2) is 24.3 Å². The van der Waals surface area contributed by atoms with Gasteiger partial charge in [-0.2, -0.15) is 13.2 Å². The lowest BCUT2D eigenvalue weighted by Gasteiger charge is -2.13. The minimum Gasteiger partial charge on any atom is -0.328 e. The molecule has 4 heteroatoms. The zero-order valence-electron chi connectivity index (χ0n) is 7.81. The van der Waals surface area contributed by atoms with Crippen LogP contribution in [0.1, 0.15) is 18.1 Å². The molecule has 78 valence electrons. The van der Waals surface area contributed by atoms with Crippen LogP contribution in [0.4, 0.5) is 13.2 Å². The summed E-state index contributed by atoms with van der Waals surface area (Å²) in [6, 6.07) is 5.25. The van der Waals surface area contributed by atoms with Crippen molar-refractivity contribution in [3.05, 3.63) is 35.4 Å². The molecule has 0 aliphatic carbocycles. The highest BCUT2D eigenvalue weighted by atomic mass is 19.4. The van der Waals surface area contributed by atoms with Crippen molar-refractivity contribution < 1.29 is 13.2 Å². The Hall–Kier alpha value is -1.03. The van der Waals surface area contributed by atoms with E-state index in [0.29, 0.717) is 0 Å². The van der Waals surface area contributed by atoms with E-state index in [1.54, 1.807) is 13.0 Å². The zero-order chi connectivity index (χ0) is 10.8. The lowest BCUT2D eigenvalue weighted by Crippen LogP contribution is -2.20. The number of nitrogens with two attached hydrogens (primary N) is 1. The summed E-state index contributed by atoms with van der Waals surface area (Å²) >= 11 is 0. The maximum atomic E-state index is 12.5. The standard InChI is InChI=1S/C10H12F3N/c1-7(14)6-8-4-2-3-5-9(8)10(11,12)13/h2-5,7H,6,14H2,1H3. The molecule has 14 heavy (non-hydrogen) atoms. The molecule has 0 aliphatic rings. The van der Waals surface area contributed by atoms with E-state index in [0.717, 1.165) is 6.07 Å². The molecule has 0 aromatic heterocycles. The van der Waals surface area contributed by atoms with Crippen LogP contribution < -0.4 is 5.73 Å². The van der Waals surface area contributed by atoms with Gasteiger partial charge in [-0.1, -0.05) is 18.2 Å². The molecule has 1 unspecified atom stereocenters. The zero-order valence-corrected chi connectivity index (χ0v) is 7.81. The second-order valence-corrected chi connectivity index (χ2v) is 3.34. The molecular weight excluding hydrogens is 191 g/mol. The Bertz CT molecular complexity index is 304. The SMILES string of the molecule is CC(N)Cc1ccccc1C(F)(F)F. The van der Waals surface area contributed by atoms with Crippen molar-refractivity contribution in [2.75, 3.05) is 0 Å². The van der Waals surface area contributed by atoms with Crippen LogP contribution in [0.5, 0.6) is 0 Å². The van der Waals surface area contributed by atoms with Gasteiger partial charge in [0.15, 0.2) is 0 Å². The molecule has 0 heterocycles. The highest BCUT2D eigenvalue weighted by Crippen LogP contribution is 2.32.